The summed E-state index contributed by atoms with van der Waals surface area (Å²) in [5.74, 6) is -0.410. The van der Waals surface area contributed by atoms with Gasteiger partial charge in [0.15, 0.2) is 0 Å². The Morgan fingerprint density at radius 1 is 0.833 bits per heavy atom. The van der Waals surface area contributed by atoms with Gasteiger partial charge in [-0.15, -0.1) is 0 Å². The largest absolute Gasteiger partial charge is 0.462 e. The highest BCUT2D eigenvalue weighted by Gasteiger charge is 2.20. The number of hydrogen-bond acceptors (Lipinski definition) is 3. The molecule has 0 bridgehead atoms. The second-order valence-electron chi connectivity index (χ2n) is 5.29. The minimum Gasteiger partial charge on any atom is -0.462 e. The molecule has 0 heterocycles. The van der Waals surface area contributed by atoms with Crippen LogP contribution >= 0.6 is 0 Å². The summed E-state index contributed by atoms with van der Waals surface area (Å²) in [6, 6.07) is 14.6. The Morgan fingerprint density at radius 2 is 1.33 bits per heavy atom. The van der Waals surface area contributed by atoms with Crippen molar-refractivity contribution >= 4 is 11.9 Å². The zero-order chi connectivity index (χ0) is 17.5. The van der Waals surface area contributed by atoms with Crippen LogP contribution < -0.4 is 0 Å². The molecule has 126 valence electrons. The summed E-state index contributed by atoms with van der Waals surface area (Å²) in [5.41, 5.74) is 2.53. The molecule has 0 atom stereocenters. The highest BCUT2D eigenvalue weighted by Crippen LogP contribution is 2.28. The standard InChI is InChI=1S/C20H23NO3/c1-4-21(5-2)19(22)17-13-9-7-11-15(17)16-12-8-10-14-18(16)20(23)24-6-3/h7-14H,4-6H2,1-3H3. The summed E-state index contributed by atoms with van der Waals surface area (Å²) in [7, 11) is 0. The third kappa shape index (κ3) is 3.65. The van der Waals surface area contributed by atoms with Crippen molar-refractivity contribution in [3.8, 4) is 11.1 Å². The number of ether oxygens (including phenoxy) is 1. The fraction of sp³-hybridized carbons (Fsp3) is 0.300. The monoisotopic (exact) mass is 325 g/mol. The molecule has 0 aliphatic carbocycles. The van der Waals surface area contributed by atoms with Crippen molar-refractivity contribution in [3.63, 3.8) is 0 Å². The molecule has 0 saturated carbocycles. The van der Waals surface area contributed by atoms with E-state index in [0.29, 0.717) is 36.4 Å². The topological polar surface area (TPSA) is 46.6 Å². The summed E-state index contributed by atoms with van der Waals surface area (Å²) < 4.78 is 5.15. The van der Waals surface area contributed by atoms with Crippen LogP contribution in [0, 0.1) is 0 Å². The van der Waals surface area contributed by atoms with Gasteiger partial charge in [0.05, 0.1) is 12.2 Å². The van der Waals surface area contributed by atoms with Gasteiger partial charge in [0.2, 0.25) is 0 Å². The summed E-state index contributed by atoms with van der Waals surface area (Å²) in [6.07, 6.45) is 0. The van der Waals surface area contributed by atoms with Crippen molar-refractivity contribution in [1.29, 1.82) is 0 Å². The lowest BCUT2D eigenvalue weighted by Gasteiger charge is -2.21. The van der Waals surface area contributed by atoms with E-state index in [4.69, 9.17) is 4.74 Å². The van der Waals surface area contributed by atoms with Gasteiger partial charge in [-0.1, -0.05) is 36.4 Å². The normalized spacial score (nSPS) is 10.3. The van der Waals surface area contributed by atoms with Gasteiger partial charge >= 0.3 is 5.97 Å². The lowest BCUT2D eigenvalue weighted by molar-refractivity contribution is 0.0527. The van der Waals surface area contributed by atoms with Crippen molar-refractivity contribution in [3.05, 3.63) is 59.7 Å². The molecule has 2 rings (SSSR count). The van der Waals surface area contributed by atoms with Crippen LogP contribution in [0.4, 0.5) is 0 Å². The second kappa shape index (κ2) is 8.29. The van der Waals surface area contributed by atoms with Crippen LogP contribution in [0.2, 0.25) is 0 Å². The molecule has 0 fully saturated rings. The molecule has 0 saturated heterocycles. The Balaban J connectivity index is 2.55. The van der Waals surface area contributed by atoms with Gasteiger partial charge in [0.1, 0.15) is 0 Å². The van der Waals surface area contributed by atoms with Crippen LogP contribution in [-0.4, -0.2) is 36.5 Å². The van der Waals surface area contributed by atoms with Crippen molar-refractivity contribution in [2.24, 2.45) is 0 Å². The van der Waals surface area contributed by atoms with Gasteiger partial charge in [0.25, 0.3) is 5.91 Å². The molecule has 0 aromatic heterocycles. The van der Waals surface area contributed by atoms with Crippen LogP contribution in [0.15, 0.2) is 48.5 Å². The van der Waals surface area contributed by atoms with Gasteiger partial charge in [-0.2, -0.15) is 0 Å². The highest BCUT2D eigenvalue weighted by molar-refractivity contribution is 6.05. The Kier molecular flexibility index (Phi) is 6.13. The number of esters is 1. The van der Waals surface area contributed by atoms with Crippen molar-refractivity contribution in [2.75, 3.05) is 19.7 Å². The Labute approximate surface area is 143 Å². The van der Waals surface area contributed by atoms with E-state index in [2.05, 4.69) is 0 Å². The molecule has 0 aliphatic rings. The van der Waals surface area contributed by atoms with Gasteiger partial charge in [-0.05, 0) is 44.0 Å². The summed E-state index contributed by atoms with van der Waals surface area (Å²) in [6.45, 7) is 7.28. The van der Waals surface area contributed by atoms with Crippen LogP contribution in [0.25, 0.3) is 11.1 Å². The summed E-state index contributed by atoms with van der Waals surface area (Å²) in [5, 5.41) is 0. The van der Waals surface area contributed by atoms with E-state index in [-0.39, 0.29) is 11.9 Å². The molecular weight excluding hydrogens is 302 g/mol. The molecule has 0 aliphatic heterocycles. The molecule has 4 nitrogen and oxygen atoms in total. The number of benzene rings is 2. The van der Waals surface area contributed by atoms with Crippen LogP contribution in [0.1, 0.15) is 41.5 Å². The van der Waals surface area contributed by atoms with E-state index in [1.165, 1.54) is 0 Å². The maximum Gasteiger partial charge on any atom is 0.338 e. The number of hydrogen-bond donors (Lipinski definition) is 0. The molecule has 0 unspecified atom stereocenters. The summed E-state index contributed by atoms with van der Waals surface area (Å²) >= 11 is 0. The third-order valence-corrected chi connectivity index (χ3v) is 3.92. The molecule has 0 N–H and O–H groups in total. The fourth-order valence-corrected chi connectivity index (χ4v) is 2.69. The molecule has 0 spiro atoms. The Bertz CT molecular complexity index is 720. The van der Waals surface area contributed by atoms with E-state index >= 15 is 0 Å². The zero-order valence-corrected chi connectivity index (χ0v) is 14.4. The first-order chi connectivity index (χ1) is 11.6. The number of rotatable bonds is 6. The second-order valence-corrected chi connectivity index (χ2v) is 5.29. The quantitative estimate of drug-likeness (QED) is 0.754. The van der Waals surface area contributed by atoms with E-state index in [1.807, 2.05) is 44.2 Å². The number of amides is 1. The minimum absolute atomic E-state index is 0.0331. The maximum absolute atomic E-state index is 12.8. The first-order valence-electron chi connectivity index (χ1n) is 8.28. The lowest BCUT2D eigenvalue weighted by Crippen LogP contribution is -2.30. The molecule has 2 aromatic carbocycles. The van der Waals surface area contributed by atoms with Crippen molar-refractivity contribution in [2.45, 2.75) is 20.8 Å². The Morgan fingerprint density at radius 3 is 1.88 bits per heavy atom. The van der Waals surface area contributed by atoms with Crippen LogP contribution in [-0.2, 0) is 4.74 Å². The SMILES string of the molecule is CCOC(=O)c1ccccc1-c1ccccc1C(=O)N(CC)CC. The predicted molar refractivity (Wildman–Crippen MR) is 95.1 cm³/mol. The number of carbonyl (C=O) groups excluding carboxylic acids is 2. The average Bonchev–Trinajstić information content (AvgIpc) is 2.63. The minimum atomic E-state index is -0.377. The first kappa shape index (κ1) is 17.7. The molecule has 4 heteroatoms. The Hall–Kier alpha value is -2.62. The average molecular weight is 325 g/mol. The number of nitrogens with zero attached hydrogens (tertiary/aromatic N) is 1. The van der Waals surface area contributed by atoms with Crippen LogP contribution in [0.3, 0.4) is 0 Å². The molecular formula is C20H23NO3. The molecule has 0 radical (unpaired) electrons. The predicted octanol–water partition coefficient (Wildman–Crippen LogP) is 4.01. The molecule has 24 heavy (non-hydrogen) atoms. The fourth-order valence-electron chi connectivity index (χ4n) is 2.69. The maximum atomic E-state index is 12.8. The molecule has 1 amide bonds. The summed E-state index contributed by atoms with van der Waals surface area (Å²) in [4.78, 5) is 26.8. The smallest absolute Gasteiger partial charge is 0.338 e. The highest BCUT2D eigenvalue weighted by atomic mass is 16.5. The first-order valence-corrected chi connectivity index (χ1v) is 8.28. The lowest BCUT2D eigenvalue weighted by atomic mass is 9.94. The van der Waals surface area contributed by atoms with Gasteiger partial charge < -0.3 is 9.64 Å². The van der Waals surface area contributed by atoms with Crippen LogP contribution in [0.5, 0.6) is 0 Å². The van der Waals surface area contributed by atoms with E-state index in [9.17, 15) is 9.59 Å². The third-order valence-electron chi connectivity index (χ3n) is 3.92. The van der Waals surface area contributed by atoms with E-state index in [1.54, 1.807) is 30.0 Å². The van der Waals surface area contributed by atoms with Gasteiger partial charge in [-0.25, -0.2) is 4.79 Å². The number of carbonyl (C=O) groups is 2. The van der Waals surface area contributed by atoms with E-state index in [0.717, 1.165) is 5.56 Å². The van der Waals surface area contributed by atoms with Crippen molar-refractivity contribution in [1.82, 2.24) is 4.90 Å². The van der Waals surface area contributed by atoms with E-state index < -0.39 is 0 Å². The van der Waals surface area contributed by atoms with Gasteiger partial charge in [-0.3, -0.25) is 4.79 Å². The van der Waals surface area contributed by atoms with Crippen molar-refractivity contribution < 1.29 is 14.3 Å². The zero-order valence-electron chi connectivity index (χ0n) is 14.4. The van der Waals surface area contributed by atoms with Gasteiger partial charge in [0, 0.05) is 18.7 Å². The molecule has 2 aromatic rings.